The van der Waals surface area contributed by atoms with Crippen molar-refractivity contribution in [3.63, 3.8) is 0 Å². The monoisotopic (exact) mass is 416 g/mol. The average molecular weight is 416 g/mol. The van der Waals surface area contributed by atoms with Crippen LogP contribution < -0.4 is 14.9 Å². The molecule has 0 unspecified atom stereocenters. The molecule has 12 heteroatoms. The summed E-state index contributed by atoms with van der Waals surface area (Å²) in [6.45, 7) is 3.61. The molecule has 0 radical (unpaired) electrons. The Labute approximate surface area is 167 Å². The molecule has 2 N–H and O–H groups in total. The first kappa shape index (κ1) is 19.1. The van der Waals surface area contributed by atoms with Crippen LogP contribution in [0.4, 0.5) is 17.2 Å². The molecule has 1 aliphatic rings. The molecule has 3 aromatic rings. The predicted molar refractivity (Wildman–Crippen MR) is 108 cm³/mol. The lowest BCUT2D eigenvalue weighted by Gasteiger charge is -2.38. The van der Waals surface area contributed by atoms with Crippen molar-refractivity contribution in [3.05, 3.63) is 30.6 Å². The molecule has 1 aromatic carbocycles. The number of benzene rings is 1. The summed E-state index contributed by atoms with van der Waals surface area (Å²) < 4.78 is 26.8. The molecule has 29 heavy (non-hydrogen) atoms. The molecule has 0 saturated carbocycles. The Morgan fingerprint density at radius 2 is 2.00 bits per heavy atom. The van der Waals surface area contributed by atoms with Crippen LogP contribution in [0.3, 0.4) is 0 Å². The Morgan fingerprint density at radius 1 is 1.24 bits per heavy atom. The SMILES string of the molecule is CCn1nnc2c(N3CC(C(=O)Nc4cccc(NS(C)(=O)=O)c4)C3)ncnc21. The third-order valence-corrected chi connectivity index (χ3v) is 5.17. The third kappa shape index (κ3) is 3.97. The van der Waals surface area contributed by atoms with Gasteiger partial charge in [0.1, 0.15) is 6.33 Å². The molecule has 1 saturated heterocycles. The summed E-state index contributed by atoms with van der Waals surface area (Å²) in [6.07, 6.45) is 2.55. The Kier molecular flexibility index (Phi) is 4.78. The summed E-state index contributed by atoms with van der Waals surface area (Å²) in [5, 5.41) is 11.1. The Morgan fingerprint density at radius 3 is 2.72 bits per heavy atom. The largest absolute Gasteiger partial charge is 0.353 e. The molecule has 1 fully saturated rings. The second-order valence-corrected chi connectivity index (χ2v) is 8.57. The van der Waals surface area contributed by atoms with Gasteiger partial charge in [-0.3, -0.25) is 9.52 Å². The molecule has 0 spiro atoms. The summed E-state index contributed by atoms with van der Waals surface area (Å²) in [5.41, 5.74) is 2.20. The Bertz CT molecular complexity index is 1170. The molecule has 11 nitrogen and oxygen atoms in total. The maximum absolute atomic E-state index is 12.5. The smallest absolute Gasteiger partial charge is 0.231 e. The summed E-state index contributed by atoms with van der Waals surface area (Å²) in [5.74, 6) is 0.311. The predicted octanol–water partition coefficient (Wildman–Crippen LogP) is 0.688. The first-order chi connectivity index (χ1) is 13.8. The standard InChI is InChI=1S/C17H20N8O3S/c1-3-25-16-14(21-23-25)15(18-10-19-16)24-8-11(9-24)17(26)20-12-5-4-6-13(7-12)22-29(2,27)28/h4-7,10-11,22H,3,8-9H2,1-2H3,(H,20,26). The van der Waals surface area contributed by atoms with Gasteiger partial charge >= 0.3 is 0 Å². The van der Waals surface area contributed by atoms with Gasteiger partial charge in [0.25, 0.3) is 0 Å². The van der Waals surface area contributed by atoms with E-state index in [-0.39, 0.29) is 11.8 Å². The fraction of sp³-hybridized carbons (Fsp3) is 0.353. The van der Waals surface area contributed by atoms with E-state index in [4.69, 9.17) is 0 Å². The van der Waals surface area contributed by atoms with Gasteiger partial charge in [0.05, 0.1) is 17.9 Å². The number of fused-ring (bicyclic) bond motifs is 1. The highest BCUT2D eigenvalue weighted by molar-refractivity contribution is 7.92. The number of aromatic nitrogens is 5. The van der Waals surface area contributed by atoms with Gasteiger partial charge in [0.15, 0.2) is 17.0 Å². The van der Waals surface area contributed by atoms with Gasteiger partial charge in [-0.25, -0.2) is 23.1 Å². The number of carbonyl (C=O) groups is 1. The molecule has 1 amide bonds. The lowest BCUT2D eigenvalue weighted by molar-refractivity contribution is -0.120. The number of aryl methyl sites for hydroxylation is 1. The lowest BCUT2D eigenvalue weighted by Crippen LogP contribution is -2.52. The van der Waals surface area contributed by atoms with Crippen LogP contribution in [0.25, 0.3) is 11.2 Å². The minimum atomic E-state index is -3.38. The first-order valence-electron chi connectivity index (χ1n) is 9.02. The highest BCUT2D eigenvalue weighted by Crippen LogP contribution is 2.28. The van der Waals surface area contributed by atoms with Crippen molar-refractivity contribution < 1.29 is 13.2 Å². The number of rotatable bonds is 6. The average Bonchev–Trinajstić information content (AvgIpc) is 3.03. The van der Waals surface area contributed by atoms with Crippen molar-refractivity contribution in [3.8, 4) is 0 Å². The summed E-state index contributed by atoms with van der Waals surface area (Å²) >= 11 is 0. The van der Waals surface area contributed by atoms with Crippen molar-refractivity contribution in [2.75, 3.05) is 34.3 Å². The maximum Gasteiger partial charge on any atom is 0.231 e. The number of nitrogens with one attached hydrogen (secondary N) is 2. The molecule has 152 valence electrons. The summed E-state index contributed by atoms with van der Waals surface area (Å²) in [4.78, 5) is 23.0. The minimum absolute atomic E-state index is 0.139. The van der Waals surface area contributed by atoms with Crippen molar-refractivity contribution >= 4 is 44.3 Å². The lowest BCUT2D eigenvalue weighted by atomic mass is 9.99. The third-order valence-electron chi connectivity index (χ3n) is 4.57. The van der Waals surface area contributed by atoms with E-state index in [1.54, 1.807) is 28.9 Å². The second-order valence-electron chi connectivity index (χ2n) is 6.82. The molecule has 3 heterocycles. The van der Waals surface area contributed by atoms with Gasteiger partial charge in [-0.1, -0.05) is 11.3 Å². The van der Waals surface area contributed by atoms with Crippen LogP contribution in [0.5, 0.6) is 0 Å². The van der Waals surface area contributed by atoms with E-state index in [1.165, 1.54) is 6.33 Å². The molecule has 4 rings (SSSR count). The van der Waals surface area contributed by atoms with E-state index >= 15 is 0 Å². The molecule has 0 aliphatic carbocycles. The number of hydrogen-bond donors (Lipinski definition) is 2. The maximum atomic E-state index is 12.5. The van der Waals surface area contributed by atoms with Gasteiger partial charge in [-0.05, 0) is 25.1 Å². The zero-order chi connectivity index (χ0) is 20.6. The van der Waals surface area contributed by atoms with E-state index in [1.807, 2.05) is 11.8 Å². The number of carbonyl (C=O) groups excluding carboxylic acids is 1. The molecule has 2 aromatic heterocycles. The molecule has 1 aliphatic heterocycles. The number of hydrogen-bond acceptors (Lipinski definition) is 8. The van der Waals surface area contributed by atoms with E-state index in [0.717, 1.165) is 6.26 Å². The van der Waals surface area contributed by atoms with Crippen molar-refractivity contribution in [2.45, 2.75) is 13.5 Å². The van der Waals surface area contributed by atoms with Gasteiger partial charge < -0.3 is 10.2 Å². The Balaban J connectivity index is 1.41. The van der Waals surface area contributed by atoms with E-state index in [2.05, 4.69) is 30.3 Å². The fourth-order valence-electron chi connectivity index (χ4n) is 3.16. The first-order valence-corrected chi connectivity index (χ1v) is 10.9. The molecular formula is C17H20N8O3S. The number of amides is 1. The summed E-state index contributed by atoms with van der Waals surface area (Å²) in [6, 6.07) is 6.57. The zero-order valence-electron chi connectivity index (χ0n) is 15.9. The zero-order valence-corrected chi connectivity index (χ0v) is 16.7. The molecule has 0 bridgehead atoms. The van der Waals surface area contributed by atoms with E-state index in [0.29, 0.717) is 48.0 Å². The topological polar surface area (TPSA) is 135 Å². The van der Waals surface area contributed by atoms with Gasteiger partial charge in [0.2, 0.25) is 15.9 Å². The summed E-state index contributed by atoms with van der Waals surface area (Å²) in [7, 11) is -3.38. The van der Waals surface area contributed by atoms with Crippen LogP contribution in [0.1, 0.15) is 6.92 Å². The van der Waals surface area contributed by atoms with Crippen LogP contribution in [0.15, 0.2) is 30.6 Å². The molecule has 0 atom stereocenters. The normalized spacial score (nSPS) is 14.6. The van der Waals surface area contributed by atoms with Crippen LogP contribution in [0, 0.1) is 5.92 Å². The van der Waals surface area contributed by atoms with Crippen LogP contribution in [-0.4, -0.2) is 58.6 Å². The Hall–Kier alpha value is -3.28. The fourth-order valence-corrected chi connectivity index (χ4v) is 3.72. The van der Waals surface area contributed by atoms with Gasteiger partial charge in [-0.15, -0.1) is 5.10 Å². The number of nitrogens with zero attached hydrogens (tertiary/aromatic N) is 6. The van der Waals surface area contributed by atoms with Crippen LogP contribution in [0.2, 0.25) is 0 Å². The highest BCUT2D eigenvalue weighted by Gasteiger charge is 2.35. The number of sulfonamides is 1. The van der Waals surface area contributed by atoms with E-state index < -0.39 is 10.0 Å². The second kappa shape index (κ2) is 7.28. The minimum Gasteiger partial charge on any atom is -0.353 e. The van der Waals surface area contributed by atoms with Crippen molar-refractivity contribution in [1.29, 1.82) is 0 Å². The van der Waals surface area contributed by atoms with Crippen molar-refractivity contribution in [1.82, 2.24) is 25.0 Å². The quantitative estimate of drug-likeness (QED) is 0.599. The molecular weight excluding hydrogens is 396 g/mol. The van der Waals surface area contributed by atoms with Crippen molar-refractivity contribution in [2.24, 2.45) is 5.92 Å². The van der Waals surface area contributed by atoms with Crippen LogP contribution >= 0.6 is 0 Å². The number of anilines is 3. The highest BCUT2D eigenvalue weighted by atomic mass is 32.2. The van der Waals surface area contributed by atoms with E-state index in [9.17, 15) is 13.2 Å². The van der Waals surface area contributed by atoms with Gasteiger partial charge in [0, 0.05) is 25.3 Å². The van der Waals surface area contributed by atoms with Crippen LogP contribution in [-0.2, 0) is 21.4 Å². The van der Waals surface area contributed by atoms with Gasteiger partial charge in [-0.2, -0.15) is 0 Å².